The first-order valence-corrected chi connectivity index (χ1v) is 7.21. The standard InChI is InChI=1S/C12H6IN3O3S/c13-11-4-8(6-20-11)12(17)15-10-2-1-9(16(18)19)3-7(10)5-14/h1-4,6H,(H,15,17). The Morgan fingerprint density at radius 3 is 2.75 bits per heavy atom. The molecule has 0 aliphatic carbocycles. The van der Waals surface area contributed by atoms with E-state index in [9.17, 15) is 14.9 Å². The number of rotatable bonds is 3. The van der Waals surface area contributed by atoms with Crippen LogP contribution in [0.1, 0.15) is 15.9 Å². The van der Waals surface area contributed by atoms with Crippen LogP contribution < -0.4 is 5.32 Å². The number of nitrogens with zero attached hydrogens (tertiary/aromatic N) is 2. The molecule has 0 spiro atoms. The fourth-order valence-electron chi connectivity index (χ4n) is 1.47. The molecule has 0 unspecified atom stereocenters. The maximum atomic E-state index is 12.0. The van der Waals surface area contributed by atoms with Gasteiger partial charge in [-0.3, -0.25) is 14.9 Å². The highest BCUT2D eigenvalue weighted by Gasteiger charge is 2.14. The summed E-state index contributed by atoms with van der Waals surface area (Å²) in [5, 5.41) is 23.9. The number of halogens is 1. The fraction of sp³-hybridized carbons (Fsp3) is 0. The van der Waals surface area contributed by atoms with E-state index < -0.39 is 4.92 Å². The summed E-state index contributed by atoms with van der Waals surface area (Å²) in [4.78, 5) is 22.0. The van der Waals surface area contributed by atoms with Gasteiger partial charge in [0, 0.05) is 17.5 Å². The molecule has 0 saturated heterocycles. The molecule has 2 rings (SSSR count). The molecule has 0 atom stereocenters. The third-order valence-electron chi connectivity index (χ3n) is 2.41. The Bertz CT molecular complexity index is 736. The highest BCUT2D eigenvalue weighted by atomic mass is 127. The second-order valence-corrected chi connectivity index (χ2v) is 6.50. The van der Waals surface area contributed by atoms with Gasteiger partial charge in [0.2, 0.25) is 0 Å². The van der Waals surface area contributed by atoms with Gasteiger partial charge >= 0.3 is 0 Å². The van der Waals surface area contributed by atoms with Crippen LogP contribution in [0.3, 0.4) is 0 Å². The normalized spacial score (nSPS) is 9.80. The lowest BCUT2D eigenvalue weighted by Gasteiger charge is -2.05. The molecule has 1 aromatic carbocycles. The molecule has 1 aromatic heterocycles. The molecule has 1 N–H and O–H groups in total. The van der Waals surface area contributed by atoms with Crippen molar-refractivity contribution in [1.29, 1.82) is 5.26 Å². The van der Waals surface area contributed by atoms with Crippen LogP contribution in [0.5, 0.6) is 0 Å². The van der Waals surface area contributed by atoms with Crippen LogP contribution in [0.2, 0.25) is 0 Å². The molecule has 0 aliphatic rings. The molecule has 0 aliphatic heterocycles. The molecular formula is C12H6IN3O3S. The lowest BCUT2D eigenvalue weighted by Crippen LogP contribution is -2.12. The maximum Gasteiger partial charge on any atom is 0.270 e. The minimum atomic E-state index is -0.590. The average Bonchev–Trinajstić information content (AvgIpc) is 2.85. The van der Waals surface area contributed by atoms with Gasteiger partial charge in [-0.15, -0.1) is 11.3 Å². The third kappa shape index (κ3) is 3.12. The zero-order valence-corrected chi connectivity index (χ0v) is 12.8. The first-order chi connectivity index (χ1) is 9.51. The number of nitro groups is 1. The molecule has 0 radical (unpaired) electrons. The van der Waals surface area contributed by atoms with Gasteiger partial charge in [0.25, 0.3) is 11.6 Å². The molecule has 20 heavy (non-hydrogen) atoms. The molecule has 100 valence electrons. The number of carbonyl (C=O) groups excluding carboxylic acids is 1. The smallest absolute Gasteiger partial charge is 0.270 e. The summed E-state index contributed by atoms with van der Waals surface area (Å²) in [5.41, 5.74) is 0.605. The lowest BCUT2D eigenvalue weighted by atomic mass is 10.1. The molecule has 0 bridgehead atoms. The van der Waals surface area contributed by atoms with Crippen LogP contribution in [0.4, 0.5) is 11.4 Å². The van der Waals surface area contributed by atoms with Crippen molar-refractivity contribution in [2.45, 2.75) is 0 Å². The summed E-state index contributed by atoms with van der Waals surface area (Å²) in [6.07, 6.45) is 0. The zero-order chi connectivity index (χ0) is 14.7. The largest absolute Gasteiger partial charge is 0.321 e. The number of amides is 1. The van der Waals surface area contributed by atoms with Gasteiger partial charge in [-0.1, -0.05) is 0 Å². The van der Waals surface area contributed by atoms with Gasteiger partial charge in [-0.2, -0.15) is 5.26 Å². The van der Waals surface area contributed by atoms with Crippen LogP contribution in [0.25, 0.3) is 0 Å². The highest BCUT2D eigenvalue weighted by molar-refractivity contribution is 14.1. The summed E-state index contributed by atoms with van der Waals surface area (Å²) in [5.74, 6) is -0.352. The summed E-state index contributed by atoms with van der Waals surface area (Å²) >= 11 is 3.53. The number of thiophene rings is 1. The van der Waals surface area contributed by atoms with Gasteiger partial charge in [-0.05, 0) is 34.7 Å². The quantitative estimate of drug-likeness (QED) is 0.486. The molecule has 0 saturated carbocycles. The number of carbonyl (C=O) groups is 1. The number of benzene rings is 1. The number of nitrogens with one attached hydrogen (secondary N) is 1. The van der Waals surface area contributed by atoms with E-state index in [4.69, 9.17) is 5.26 Å². The topological polar surface area (TPSA) is 96.0 Å². The predicted molar refractivity (Wildman–Crippen MR) is 82.8 cm³/mol. The monoisotopic (exact) mass is 399 g/mol. The zero-order valence-electron chi connectivity index (χ0n) is 9.79. The molecule has 8 heteroatoms. The Balaban J connectivity index is 2.28. The van der Waals surface area contributed by atoms with Crippen molar-refractivity contribution in [2.75, 3.05) is 5.32 Å². The lowest BCUT2D eigenvalue weighted by molar-refractivity contribution is -0.384. The van der Waals surface area contributed by atoms with Gasteiger partial charge in [0.05, 0.1) is 24.6 Å². The number of hydrogen-bond donors (Lipinski definition) is 1. The number of anilines is 1. The molecule has 2 aromatic rings. The van der Waals surface area contributed by atoms with E-state index in [0.717, 1.165) is 8.95 Å². The van der Waals surface area contributed by atoms with Gasteiger partial charge < -0.3 is 5.32 Å². The Kier molecular flexibility index (Phi) is 4.31. The van der Waals surface area contributed by atoms with E-state index in [1.165, 1.54) is 23.5 Å². The summed E-state index contributed by atoms with van der Waals surface area (Å²) in [7, 11) is 0. The number of nitro benzene ring substituents is 1. The Morgan fingerprint density at radius 2 is 2.20 bits per heavy atom. The van der Waals surface area contributed by atoms with Crippen molar-refractivity contribution in [3.8, 4) is 6.07 Å². The van der Waals surface area contributed by atoms with Crippen LogP contribution in [-0.2, 0) is 0 Å². The summed E-state index contributed by atoms with van der Waals surface area (Å²) in [6.45, 7) is 0. The van der Waals surface area contributed by atoms with Gasteiger partial charge in [0.1, 0.15) is 6.07 Å². The molecule has 0 fully saturated rings. The fourth-order valence-corrected chi connectivity index (χ4v) is 2.80. The van der Waals surface area contributed by atoms with Gasteiger partial charge in [0.15, 0.2) is 0 Å². The van der Waals surface area contributed by atoms with Crippen molar-refractivity contribution in [3.05, 3.63) is 53.8 Å². The van der Waals surface area contributed by atoms with E-state index in [-0.39, 0.29) is 22.8 Å². The molecular weight excluding hydrogens is 393 g/mol. The minimum absolute atomic E-state index is 0.0532. The van der Waals surface area contributed by atoms with Crippen molar-refractivity contribution in [1.82, 2.24) is 0 Å². The van der Waals surface area contributed by atoms with E-state index in [2.05, 4.69) is 27.9 Å². The van der Waals surface area contributed by atoms with E-state index in [1.54, 1.807) is 11.4 Å². The third-order valence-corrected chi connectivity index (χ3v) is 4.20. The SMILES string of the molecule is N#Cc1cc([N+](=O)[O-])ccc1NC(=O)c1csc(I)c1. The molecule has 1 amide bonds. The minimum Gasteiger partial charge on any atom is -0.321 e. The second kappa shape index (κ2) is 5.98. The van der Waals surface area contributed by atoms with E-state index in [1.807, 2.05) is 6.07 Å². The van der Waals surface area contributed by atoms with Crippen LogP contribution in [0.15, 0.2) is 29.6 Å². The first-order valence-electron chi connectivity index (χ1n) is 5.25. The van der Waals surface area contributed by atoms with Crippen molar-refractivity contribution in [3.63, 3.8) is 0 Å². The Morgan fingerprint density at radius 1 is 1.45 bits per heavy atom. The average molecular weight is 399 g/mol. The predicted octanol–water partition coefficient (Wildman–Crippen LogP) is 3.38. The number of non-ortho nitro benzene ring substituents is 1. The molecule has 1 heterocycles. The van der Waals surface area contributed by atoms with Crippen LogP contribution in [-0.4, -0.2) is 10.8 Å². The van der Waals surface area contributed by atoms with Crippen molar-refractivity contribution >= 4 is 51.2 Å². The number of hydrogen-bond acceptors (Lipinski definition) is 5. The van der Waals surface area contributed by atoms with Crippen molar-refractivity contribution < 1.29 is 9.72 Å². The van der Waals surface area contributed by atoms with E-state index in [0.29, 0.717) is 5.56 Å². The second-order valence-electron chi connectivity index (χ2n) is 3.69. The highest BCUT2D eigenvalue weighted by Crippen LogP contribution is 2.23. The van der Waals surface area contributed by atoms with E-state index >= 15 is 0 Å². The Hall–Kier alpha value is -1.99. The van der Waals surface area contributed by atoms with Crippen molar-refractivity contribution in [2.24, 2.45) is 0 Å². The van der Waals surface area contributed by atoms with Crippen LogP contribution in [0, 0.1) is 24.3 Å². The molecule has 6 nitrogen and oxygen atoms in total. The van der Waals surface area contributed by atoms with Crippen LogP contribution >= 0.6 is 33.9 Å². The summed E-state index contributed by atoms with van der Waals surface area (Å²) < 4.78 is 0.969. The summed E-state index contributed by atoms with van der Waals surface area (Å²) in [6, 6.07) is 7.28. The first kappa shape index (κ1) is 14.4. The number of nitriles is 1. The maximum absolute atomic E-state index is 12.0. The Labute approximate surface area is 131 Å². The van der Waals surface area contributed by atoms with Gasteiger partial charge in [-0.25, -0.2) is 0 Å².